The van der Waals surface area contributed by atoms with Crippen LogP contribution in [0.25, 0.3) is 0 Å². The second-order valence-electron chi connectivity index (χ2n) is 3.08. The van der Waals surface area contributed by atoms with E-state index in [1.54, 1.807) is 0 Å². The highest BCUT2D eigenvalue weighted by atomic mass is 127. The van der Waals surface area contributed by atoms with Crippen LogP contribution in [0.2, 0.25) is 0 Å². The number of aromatic nitrogens is 2. The molecule has 2 rings (SSSR count). The highest BCUT2D eigenvalue weighted by Crippen LogP contribution is 2.24. The smallest absolute Gasteiger partial charge is 0.0524 e. The zero-order valence-electron chi connectivity index (χ0n) is 6.55. The zero-order chi connectivity index (χ0) is 7.84. The molecule has 60 valence electrons. The van der Waals surface area contributed by atoms with Crippen LogP contribution in [-0.2, 0) is 19.9 Å². The van der Waals surface area contributed by atoms with Gasteiger partial charge in [0, 0.05) is 23.1 Å². The third-order valence-corrected chi connectivity index (χ3v) is 3.35. The normalized spacial score (nSPS) is 23.3. The number of hydrogen-bond acceptors (Lipinski definition) is 1. The van der Waals surface area contributed by atoms with Crippen molar-refractivity contribution >= 4 is 22.6 Å². The number of aryl methyl sites for hydroxylation is 2. The first-order chi connectivity index (χ1) is 5.27. The summed E-state index contributed by atoms with van der Waals surface area (Å²) in [6.07, 6.45) is 5.75. The average Bonchev–Trinajstić information content (AvgIpc) is 2.33. The van der Waals surface area contributed by atoms with E-state index in [0.717, 1.165) is 3.92 Å². The van der Waals surface area contributed by atoms with Gasteiger partial charge >= 0.3 is 0 Å². The quantitative estimate of drug-likeness (QED) is 0.514. The molecule has 11 heavy (non-hydrogen) atoms. The van der Waals surface area contributed by atoms with Crippen molar-refractivity contribution in [3.05, 3.63) is 17.5 Å². The van der Waals surface area contributed by atoms with E-state index < -0.39 is 0 Å². The van der Waals surface area contributed by atoms with Crippen LogP contribution in [-0.4, -0.2) is 13.7 Å². The zero-order valence-corrected chi connectivity index (χ0v) is 8.71. The van der Waals surface area contributed by atoms with Crippen molar-refractivity contribution < 1.29 is 0 Å². The highest BCUT2D eigenvalue weighted by molar-refractivity contribution is 14.1. The lowest BCUT2D eigenvalue weighted by atomic mass is 9.98. The van der Waals surface area contributed by atoms with Crippen LogP contribution in [0.1, 0.15) is 17.7 Å². The maximum atomic E-state index is 4.25. The van der Waals surface area contributed by atoms with Gasteiger partial charge in [-0.05, 0) is 18.4 Å². The van der Waals surface area contributed by atoms with Gasteiger partial charge in [0.25, 0.3) is 0 Å². The molecule has 0 spiro atoms. The maximum absolute atomic E-state index is 4.25. The minimum Gasteiger partial charge on any atom is -0.272 e. The van der Waals surface area contributed by atoms with Crippen LogP contribution < -0.4 is 0 Å². The number of rotatable bonds is 0. The summed E-state index contributed by atoms with van der Waals surface area (Å²) in [4.78, 5) is 0. The van der Waals surface area contributed by atoms with E-state index in [4.69, 9.17) is 0 Å². The van der Waals surface area contributed by atoms with Gasteiger partial charge in [0.2, 0.25) is 0 Å². The Morgan fingerprint density at radius 1 is 1.73 bits per heavy atom. The van der Waals surface area contributed by atoms with Crippen LogP contribution in [0.3, 0.4) is 0 Å². The molecule has 0 bridgehead atoms. The van der Waals surface area contributed by atoms with E-state index in [1.165, 1.54) is 30.5 Å². The van der Waals surface area contributed by atoms with Gasteiger partial charge in [-0.15, -0.1) is 0 Å². The molecule has 1 aliphatic carbocycles. The first kappa shape index (κ1) is 7.58. The van der Waals surface area contributed by atoms with Crippen LogP contribution in [0.15, 0.2) is 6.20 Å². The van der Waals surface area contributed by atoms with E-state index in [2.05, 4.69) is 27.7 Å². The summed E-state index contributed by atoms with van der Waals surface area (Å²) in [5.74, 6) is 0. The number of alkyl halides is 1. The Bertz CT molecular complexity index is 267. The lowest BCUT2D eigenvalue weighted by Gasteiger charge is -2.16. The van der Waals surface area contributed by atoms with E-state index >= 15 is 0 Å². The number of hydrogen-bond donors (Lipinski definition) is 0. The predicted molar refractivity (Wildman–Crippen MR) is 53.0 cm³/mol. The highest BCUT2D eigenvalue weighted by Gasteiger charge is 2.18. The van der Waals surface area contributed by atoms with Gasteiger partial charge in [0.1, 0.15) is 0 Å². The molecule has 0 saturated carbocycles. The van der Waals surface area contributed by atoms with Crippen molar-refractivity contribution in [3.8, 4) is 0 Å². The summed E-state index contributed by atoms with van der Waals surface area (Å²) in [5, 5.41) is 4.25. The molecular weight excluding hydrogens is 251 g/mol. The molecule has 0 radical (unpaired) electrons. The fourth-order valence-electron chi connectivity index (χ4n) is 1.60. The molecule has 0 saturated heterocycles. The Morgan fingerprint density at radius 2 is 2.55 bits per heavy atom. The molecule has 0 N–H and O–H groups in total. The summed E-state index contributed by atoms with van der Waals surface area (Å²) in [5.41, 5.74) is 2.90. The van der Waals surface area contributed by atoms with Crippen molar-refractivity contribution in [1.82, 2.24) is 9.78 Å². The molecule has 0 amide bonds. The van der Waals surface area contributed by atoms with Crippen molar-refractivity contribution in [2.45, 2.75) is 23.2 Å². The van der Waals surface area contributed by atoms with Crippen molar-refractivity contribution in [1.29, 1.82) is 0 Å². The van der Waals surface area contributed by atoms with Gasteiger partial charge in [-0.1, -0.05) is 22.6 Å². The molecule has 0 aliphatic heterocycles. The second kappa shape index (κ2) is 2.77. The topological polar surface area (TPSA) is 17.8 Å². The molecule has 1 unspecified atom stereocenters. The summed E-state index contributed by atoms with van der Waals surface area (Å²) >= 11 is 2.53. The summed E-state index contributed by atoms with van der Waals surface area (Å²) < 4.78 is 2.83. The number of fused-ring (bicyclic) bond motifs is 1. The van der Waals surface area contributed by atoms with Crippen LogP contribution >= 0.6 is 22.6 Å². The molecule has 1 aliphatic rings. The molecule has 1 aromatic rings. The summed E-state index contributed by atoms with van der Waals surface area (Å²) in [7, 11) is 2.04. The van der Waals surface area contributed by atoms with Crippen molar-refractivity contribution in [2.75, 3.05) is 0 Å². The predicted octanol–water partition coefficient (Wildman–Crippen LogP) is 1.71. The lowest BCUT2D eigenvalue weighted by molar-refractivity contribution is 0.648. The molecule has 1 atom stereocenters. The van der Waals surface area contributed by atoms with Crippen LogP contribution in [0, 0.1) is 0 Å². The Labute approximate surface area is 80.1 Å². The largest absolute Gasteiger partial charge is 0.272 e. The minimum absolute atomic E-state index is 0.815. The van der Waals surface area contributed by atoms with E-state index in [0.29, 0.717) is 0 Å². The van der Waals surface area contributed by atoms with Gasteiger partial charge in [0.05, 0.1) is 6.20 Å². The first-order valence-electron chi connectivity index (χ1n) is 3.91. The molecule has 3 heteroatoms. The molecule has 0 aromatic carbocycles. The third kappa shape index (κ3) is 1.30. The molecule has 1 heterocycles. The van der Waals surface area contributed by atoms with Gasteiger partial charge in [-0.2, -0.15) is 5.10 Å². The minimum atomic E-state index is 0.815. The SMILES string of the molecule is Cn1ncc2c1CC(I)CC2. The molecule has 2 nitrogen and oxygen atoms in total. The Morgan fingerprint density at radius 3 is 3.36 bits per heavy atom. The second-order valence-corrected chi connectivity index (χ2v) is 4.84. The number of halogens is 1. The van der Waals surface area contributed by atoms with Crippen molar-refractivity contribution in [2.24, 2.45) is 7.05 Å². The van der Waals surface area contributed by atoms with Gasteiger partial charge in [-0.3, -0.25) is 4.68 Å². The Balaban J connectivity index is 2.37. The van der Waals surface area contributed by atoms with Crippen LogP contribution in [0.4, 0.5) is 0 Å². The monoisotopic (exact) mass is 262 g/mol. The Kier molecular flexibility index (Phi) is 1.91. The van der Waals surface area contributed by atoms with E-state index in [1.807, 2.05) is 17.9 Å². The van der Waals surface area contributed by atoms with Crippen molar-refractivity contribution in [3.63, 3.8) is 0 Å². The average molecular weight is 262 g/mol. The maximum Gasteiger partial charge on any atom is 0.0524 e. The summed E-state index contributed by atoms with van der Waals surface area (Å²) in [6, 6.07) is 0. The van der Waals surface area contributed by atoms with Gasteiger partial charge < -0.3 is 0 Å². The summed E-state index contributed by atoms with van der Waals surface area (Å²) in [6.45, 7) is 0. The fourth-order valence-corrected chi connectivity index (χ4v) is 2.33. The van der Waals surface area contributed by atoms with Crippen LogP contribution in [0.5, 0.6) is 0 Å². The van der Waals surface area contributed by atoms with E-state index in [-0.39, 0.29) is 0 Å². The Hall–Kier alpha value is -0.0600. The third-order valence-electron chi connectivity index (χ3n) is 2.29. The van der Waals surface area contributed by atoms with E-state index in [9.17, 15) is 0 Å². The van der Waals surface area contributed by atoms with Gasteiger partial charge in [-0.25, -0.2) is 0 Å². The van der Waals surface area contributed by atoms with Gasteiger partial charge in [0.15, 0.2) is 0 Å². The molecule has 1 aromatic heterocycles. The standard InChI is InChI=1S/C8H11IN2/c1-11-8-4-7(9)3-2-6(8)5-10-11/h5,7H,2-4H2,1H3. The molecular formula is C8H11IN2. The molecule has 0 fully saturated rings. The first-order valence-corrected chi connectivity index (χ1v) is 5.16. The fraction of sp³-hybridized carbons (Fsp3) is 0.625. The lowest BCUT2D eigenvalue weighted by Crippen LogP contribution is -2.15. The number of nitrogens with zero attached hydrogens (tertiary/aromatic N) is 2.